The van der Waals surface area contributed by atoms with Gasteiger partial charge in [0.15, 0.2) is 6.29 Å². The Kier molecular flexibility index (Phi) is 3.19. The van der Waals surface area contributed by atoms with Crippen LogP contribution in [0.1, 0.15) is 15.9 Å². The third-order valence-corrected chi connectivity index (χ3v) is 2.69. The molecule has 0 bridgehead atoms. The maximum atomic E-state index is 13.7. The Bertz CT molecular complexity index is 621. The molecule has 0 aliphatic heterocycles. The summed E-state index contributed by atoms with van der Waals surface area (Å²) in [5.74, 6) is -1.96. The van der Waals surface area contributed by atoms with Gasteiger partial charge >= 0.3 is 0 Å². The lowest BCUT2D eigenvalue weighted by Gasteiger charge is -2.06. The van der Waals surface area contributed by atoms with Gasteiger partial charge in [0.2, 0.25) is 0 Å². The minimum atomic E-state index is -0.761. The Labute approximate surface area is 102 Å². The number of carbonyl (C=O) groups is 1. The molecule has 0 N–H and O–H groups in total. The summed E-state index contributed by atoms with van der Waals surface area (Å²) < 4.78 is 40.4. The van der Waals surface area contributed by atoms with E-state index in [1.54, 1.807) is 0 Å². The molecule has 0 fully saturated rings. The van der Waals surface area contributed by atoms with Crippen molar-refractivity contribution in [1.29, 1.82) is 0 Å². The Morgan fingerprint density at radius 1 is 0.944 bits per heavy atom. The molecule has 0 aromatic heterocycles. The largest absolute Gasteiger partial charge is 0.298 e. The van der Waals surface area contributed by atoms with Gasteiger partial charge in [-0.15, -0.1) is 0 Å². The van der Waals surface area contributed by atoms with Crippen molar-refractivity contribution in [2.45, 2.75) is 6.92 Å². The van der Waals surface area contributed by atoms with Crippen LogP contribution < -0.4 is 0 Å². The van der Waals surface area contributed by atoms with Crippen molar-refractivity contribution in [2.75, 3.05) is 0 Å². The van der Waals surface area contributed by atoms with E-state index in [2.05, 4.69) is 0 Å². The fraction of sp³-hybridized carbons (Fsp3) is 0.0714. The third-order valence-electron chi connectivity index (χ3n) is 2.69. The van der Waals surface area contributed by atoms with Gasteiger partial charge in [-0.2, -0.15) is 0 Å². The summed E-state index contributed by atoms with van der Waals surface area (Å²) in [4.78, 5) is 10.5. The van der Waals surface area contributed by atoms with E-state index < -0.39 is 17.5 Å². The zero-order chi connectivity index (χ0) is 13.3. The molecule has 2 aromatic rings. The first-order chi connectivity index (χ1) is 8.52. The molecular formula is C14H9F3O. The van der Waals surface area contributed by atoms with Gasteiger partial charge in [-0.3, -0.25) is 4.79 Å². The highest BCUT2D eigenvalue weighted by molar-refractivity contribution is 5.77. The van der Waals surface area contributed by atoms with Gasteiger partial charge in [-0.1, -0.05) is 6.07 Å². The third kappa shape index (κ3) is 2.14. The summed E-state index contributed by atoms with van der Waals surface area (Å²) in [6.45, 7) is 1.44. The lowest BCUT2D eigenvalue weighted by molar-refractivity contribution is 0.112. The molecule has 0 saturated heterocycles. The van der Waals surface area contributed by atoms with Crippen molar-refractivity contribution in [3.8, 4) is 11.1 Å². The molecule has 2 rings (SSSR count). The Hall–Kier alpha value is -2.10. The normalized spacial score (nSPS) is 10.4. The maximum absolute atomic E-state index is 13.7. The van der Waals surface area contributed by atoms with Crippen LogP contribution in [0.4, 0.5) is 13.2 Å². The molecular weight excluding hydrogens is 241 g/mol. The molecule has 0 spiro atoms. The maximum Gasteiger partial charge on any atom is 0.152 e. The predicted molar refractivity (Wildman–Crippen MR) is 61.9 cm³/mol. The van der Waals surface area contributed by atoms with Crippen LogP contribution in [0.25, 0.3) is 11.1 Å². The number of hydrogen-bond donors (Lipinski definition) is 0. The minimum Gasteiger partial charge on any atom is -0.298 e. The van der Waals surface area contributed by atoms with Crippen LogP contribution in [0.5, 0.6) is 0 Å². The Morgan fingerprint density at radius 3 is 2.28 bits per heavy atom. The van der Waals surface area contributed by atoms with Gasteiger partial charge in [0.25, 0.3) is 0 Å². The fourth-order valence-electron chi connectivity index (χ4n) is 1.66. The van der Waals surface area contributed by atoms with Gasteiger partial charge in [0, 0.05) is 5.56 Å². The summed E-state index contributed by atoms with van der Waals surface area (Å²) >= 11 is 0. The van der Waals surface area contributed by atoms with Gasteiger partial charge in [0.1, 0.15) is 17.5 Å². The highest BCUT2D eigenvalue weighted by Gasteiger charge is 2.11. The summed E-state index contributed by atoms with van der Waals surface area (Å²) in [5, 5.41) is 0. The lowest BCUT2D eigenvalue weighted by Crippen LogP contribution is -1.93. The number of aldehydes is 1. The van der Waals surface area contributed by atoms with Crippen LogP contribution in [0.3, 0.4) is 0 Å². The molecule has 92 valence electrons. The molecule has 2 aromatic carbocycles. The zero-order valence-corrected chi connectivity index (χ0v) is 9.51. The van der Waals surface area contributed by atoms with Crippen LogP contribution in [0.2, 0.25) is 0 Å². The van der Waals surface area contributed by atoms with Crippen LogP contribution >= 0.6 is 0 Å². The number of carbonyl (C=O) groups excluding carboxylic acids is 1. The second-order valence-electron chi connectivity index (χ2n) is 3.94. The summed E-state index contributed by atoms with van der Waals surface area (Å²) in [5.41, 5.74) is 0.219. The molecule has 0 aliphatic carbocycles. The van der Waals surface area contributed by atoms with E-state index in [0.717, 1.165) is 18.2 Å². The van der Waals surface area contributed by atoms with E-state index >= 15 is 0 Å². The average Bonchev–Trinajstić information content (AvgIpc) is 2.33. The van der Waals surface area contributed by atoms with Crippen molar-refractivity contribution in [3.05, 3.63) is 58.9 Å². The Balaban J connectivity index is 2.58. The van der Waals surface area contributed by atoms with E-state index in [9.17, 15) is 18.0 Å². The van der Waals surface area contributed by atoms with Crippen molar-refractivity contribution in [3.63, 3.8) is 0 Å². The van der Waals surface area contributed by atoms with Gasteiger partial charge in [-0.25, -0.2) is 13.2 Å². The minimum absolute atomic E-state index is 0.0329. The number of benzene rings is 2. The molecule has 4 heteroatoms. The van der Waals surface area contributed by atoms with Crippen molar-refractivity contribution < 1.29 is 18.0 Å². The highest BCUT2D eigenvalue weighted by Crippen LogP contribution is 2.26. The highest BCUT2D eigenvalue weighted by atomic mass is 19.1. The molecule has 0 aliphatic rings. The molecule has 0 radical (unpaired) electrons. The quantitative estimate of drug-likeness (QED) is 0.739. The monoisotopic (exact) mass is 250 g/mol. The first-order valence-electron chi connectivity index (χ1n) is 5.23. The lowest BCUT2D eigenvalue weighted by atomic mass is 10.0. The topological polar surface area (TPSA) is 17.1 Å². The van der Waals surface area contributed by atoms with Crippen LogP contribution in [-0.2, 0) is 0 Å². The first-order valence-corrected chi connectivity index (χ1v) is 5.23. The van der Waals surface area contributed by atoms with Crippen LogP contribution in [0, 0.1) is 24.4 Å². The van der Waals surface area contributed by atoms with E-state index in [-0.39, 0.29) is 22.3 Å². The second-order valence-corrected chi connectivity index (χ2v) is 3.94. The predicted octanol–water partition coefficient (Wildman–Crippen LogP) is 3.89. The summed E-state index contributed by atoms with van der Waals surface area (Å²) in [6, 6.07) is 5.68. The fourth-order valence-corrected chi connectivity index (χ4v) is 1.66. The second kappa shape index (κ2) is 4.64. The number of rotatable bonds is 2. The molecule has 0 heterocycles. The molecule has 0 saturated carbocycles. The molecule has 0 unspecified atom stereocenters. The SMILES string of the molecule is Cc1cc(F)c(-c2ccc(C=O)c(F)c2)cc1F. The van der Waals surface area contributed by atoms with Gasteiger partial charge in [0.05, 0.1) is 5.56 Å². The summed E-state index contributed by atoms with van der Waals surface area (Å²) in [6.07, 6.45) is 0.366. The molecule has 0 amide bonds. The number of halogens is 3. The number of hydrogen-bond acceptors (Lipinski definition) is 1. The van der Waals surface area contributed by atoms with Crippen molar-refractivity contribution >= 4 is 6.29 Å². The molecule has 18 heavy (non-hydrogen) atoms. The van der Waals surface area contributed by atoms with Gasteiger partial charge < -0.3 is 0 Å². The molecule has 1 nitrogen and oxygen atoms in total. The number of aryl methyl sites for hydroxylation is 1. The van der Waals surface area contributed by atoms with E-state index in [4.69, 9.17) is 0 Å². The standard InChI is InChI=1S/C14H9F3O/c1-8-4-14(17)11(6-12(8)15)9-2-3-10(7-18)13(16)5-9/h2-7H,1H3. The van der Waals surface area contributed by atoms with E-state index in [0.29, 0.717) is 6.29 Å². The zero-order valence-electron chi connectivity index (χ0n) is 9.51. The Morgan fingerprint density at radius 2 is 1.67 bits per heavy atom. The van der Waals surface area contributed by atoms with E-state index in [1.165, 1.54) is 19.1 Å². The van der Waals surface area contributed by atoms with Gasteiger partial charge in [-0.05, 0) is 42.3 Å². The van der Waals surface area contributed by atoms with E-state index in [1.807, 2.05) is 0 Å². The average molecular weight is 250 g/mol. The van der Waals surface area contributed by atoms with Crippen molar-refractivity contribution in [1.82, 2.24) is 0 Å². The van der Waals surface area contributed by atoms with Crippen LogP contribution in [0.15, 0.2) is 30.3 Å². The van der Waals surface area contributed by atoms with Crippen LogP contribution in [-0.4, -0.2) is 6.29 Å². The molecule has 0 atom stereocenters. The smallest absolute Gasteiger partial charge is 0.152 e. The first kappa shape index (κ1) is 12.4. The summed E-state index contributed by atoms with van der Waals surface area (Å²) in [7, 11) is 0. The van der Waals surface area contributed by atoms with Crippen molar-refractivity contribution in [2.24, 2.45) is 0 Å².